The summed E-state index contributed by atoms with van der Waals surface area (Å²) in [6.07, 6.45) is 3.23. The average molecular weight is 342 g/mol. The Morgan fingerprint density at radius 2 is 1.88 bits per heavy atom. The van der Waals surface area contributed by atoms with Gasteiger partial charge in [-0.05, 0) is 44.5 Å². The Hall–Kier alpha value is -3.16. The van der Waals surface area contributed by atoms with Gasteiger partial charge in [0.15, 0.2) is 5.69 Å². The Kier molecular flexibility index (Phi) is 4.26. The first-order chi connectivity index (χ1) is 12.0. The van der Waals surface area contributed by atoms with Crippen molar-refractivity contribution >= 4 is 28.9 Å². The van der Waals surface area contributed by atoms with Crippen molar-refractivity contribution in [3.63, 3.8) is 0 Å². The third-order valence-electron chi connectivity index (χ3n) is 4.14. The summed E-state index contributed by atoms with van der Waals surface area (Å²) < 4.78 is 8.44. The van der Waals surface area contributed by atoms with Crippen LogP contribution in [-0.2, 0) is 13.1 Å². The van der Waals surface area contributed by atoms with Gasteiger partial charge >= 0.3 is 11.4 Å². The van der Waals surface area contributed by atoms with E-state index in [1.165, 1.54) is 13.0 Å². The standard InChI is InChI=1S/C17H18N4O4/c1-4-19-13-8-6-12(10-14(13)20(5-2)17(19)22)7-9-15-16(21(23)24)11(3)18-25-15/h6-10H,4-5H2,1-3H3/b9-7+. The van der Waals surface area contributed by atoms with Crippen molar-refractivity contribution in [1.29, 1.82) is 0 Å². The van der Waals surface area contributed by atoms with E-state index in [0.717, 1.165) is 16.6 Å². The van der Waals surface area contributed by atoms with Crippen LogP contribution in [0.3, 0.4) is 0 Å². The number of imidazole rings is 1. The SMILES string of the molecule is CCn1c(=O)n(CC)c2cc(/C=C/c3onc(C)c3[N+](=O)[O-])ccc21. The van der Waals surface area contributed by atoms with Gasteiger partial charge in [0.25, 0.3) is 0 Å². The van der Waals surface area contributed by atoms with Crippen molar-refractivity contribution in [1.82, 2.24) is 14.3 Å². The summed E-state index contributed by atoms with van der Waals surface area (Å²) >= 11 is 0. The summed E-state index contributed by atoms with van der Waals surface area (Å²) in [5.74, 6) is 0.0987. The lowest BCUT2D eigenvalue weighted by atomic mass is 10.1. The lowest BCUT2D eigenvalue weighted by Gasteiger charge is -2.00. The maximum Gasteiger partial charge on any atom is 0.338 e. The molecule has 130 valence electrons. The molecule has 0 fully saturated rings. The Labute approximate surface area is 143 Å². The number of nitro groups is 1. The van der Waals surface area contributed by atoms with Crippen molar-refractivity contribution < 1.29 is 9.45 Å². The quantitative estimate of drug-likeness (QED) is 0.524. The maximum absolute atomic E-state index is 12.4. The molecular formula is C17H18N4O4. The minimum absolute atomic E-state index is 0.0392. The van der Waals surface area contributed by atoms with Gasteiger partial charge in [-0.2, -0.15) is 0 Å². The number of hydrogen-bond acceptors (Lipinski definition) is 5. The summed E-state index contributed by atoms with van der Waals surface area (Å²) in [6, 6.07) is 5.63. The normalized spacial score (nSPS) is 11.6. The highest BCUT2D eigenvalue weighted by atomic mass is 16.6. The topological polar surface area (TPSA) is 96.1 Å². The fourth-order valence-electron chi connectivity index (χ4n) is 2.94. The molecule has 0 aliphatic carbocycles. The number of rotatable bonds is 5. The summed E-state index contributed by atoms with van der Waals surface area (Å²) in [5, 5.41) is 14.7. The van der Waals surface area contributed by atoms with Gasteiger partial charge in [-0.1, -0.05) is 17.3 Å². The molecule has 0 saturated carbocycles. The summed E-state index contributed by atoms with van der Waals surface area (Å²) in [4.78, 5) is 22.9. The van der Waals surface area contributed by atoms with Crippen molar-refractivity contribution in [3.8, 4) is 0 Å². The first kappa shape index (κ1) is 16.7. The zero-order valence-electron chi connectivity index (χ0n) is 14.2. The zero-order valence-corrected chi connectivity index (χ0v) is 14.2. The highest BCUT2D eigenvalue weighted by Gasteiger charge is 2.21. The van der Waals surface area contributed by atoms with Crippen molar-refractivity contribution in [2.75, 3.05) is 0 Å². The van der Waals surface area contributed by atoms with E-state index in [9.17, 15) is 14.9 Å². The molecule has 0 spiro atoms. The molecule has 0 bridgehead atoms. The molecule has 0 saturated heterocycles. The minimum atomic E-state index is -0.509. The predicted octanol–water partition coefficient (Wildman–Crippen LogP) is 3.22. The van der Waals surface area contributed by atoms with Crippen LogP contribution in [0.1, 0.15) is 30.9 Å². The molecule has 3 aromatic rings. The molecule has 8 nitrogen and oxygen atoms in total. The molecule has 0 atom stereocenters. The van der Waals surface area contributed by atoms with Crippen molar-refractivity contribution in [2.45, 2.75) is 33.9 Å². The van der Waals surface area contributed by atoms with E-state index in [2.05, 4.69) is 5.16 Å². The number of nitrogens with zero attached hydrogens (tertiary/aromatic N) is 4. The number of aryl methyl sites for hydroxylation is 3. The Morgan fingerprint density at radius 3 is 2.52 bits per heavy atom. The second-order valence-electron chi connectivity index (χ2n) is 5.59. The molecule has 3 rings (SSSR count). The van der Waals surface area contributed by atoms with Gasteiger partial charge in [0.1, 0.15) is 0 Å². The first-order valence-electron chi connectivity index (χ1n) is 7.99. The molecule has 0 unspecified atom stereocenters. The number of hydrogen-bond donors (Lipinski definition) is 0. The van der Waals surface area contributed by atoms with Gasteiger partial charge in [-0.15, -0.1) is 0 Å². The van der Waals surface area contributed by atoms with E-state index in [1.807, 2.05) is 32.0 Å². The van der Waals surface area contributed by atoms with E-state index >= 15 is 0 Å². The molecule has 0 aliphatic heterocycles. The van der Waals surface area contributed by atoms with Gasteiger partial charge in [-0.3, -0.25) is 19.2 Å². The van der Waals surface area contributed by atoms with E-state index in [4.69, 9.17) is 4.52 Å². The highest BCUT2D eigenvalue weighted by Crippen LogP contribution is 2.25. The maximum atomic E-state index is 12.4. The van der Waals surface area contributed by atoms with E-state index in [0.29, 0.717) is 13.1 Å². The predicted molar refractivity (Wildman–Crippen MR) is 94.4 cm³/mol. The lowest BCUT2D eigenvalue weighted by molar-refractivity contribution is -0.386. The van der Waals surface area contributed by atoms with Crippen LogP contribution in [0.2, 0.25) is 0 Å². The number of aromatic nitrogens is 3. The van der Waals surface area contributed by atoms with Crippen LogP contribution >= 0.6 is 0 Å². The average Bonchev–Trinajstić information content (AvgIpc) is 3.08. The lowest BCUT2D eigenvalue weighted by Crippen LogP contribution is -2.22. The molecular weight excluding hydrogens is 324 g/mol. The van der Waals surface area contributed by atoms with Crippen LogP contribution in [-0.4, -0.2) is 19.2 Å². The summed E-state index contributed by atoms with van der Waals surface area (Å²) in [5.41, 5.74) is 2.57. The van der Waals surface area contributed by atoms with Crippen LogP contribution in [0.4, 0.5) is 5.69 Å². The third kappa shape index (κ3) is 2.75. The van der Waals surface area contributed by atoms with Crippen LogP contribution in [0, 0.1) is 17.0 Å². The smallest absolute Gasteiger partial charge is 0.338 e. The molecule has 2 aromatic heterocycles. The van der Waals surface area contributed by atoms with E-state index < -0.39 is 4.92 Å². The molecule has 0 amide bonds. The second-order valence-corrected chi connectivity index (χ2v) is 5.59. The minimum Gasteiger partial charge on any atom is -0.349 e. The van der Waals surface area contributed by atoms with Gasteiger partial charge < -0.3 is 4.52 Å². The van der Waals surface area contributed by atoms with Crippen LogP contribution < -0.4 is 5.69 Å². The molecule has 0 aliphatic rings. The van der Waals surface area contributed by atoms with Gasteiger partial charge in [0.2, 0.25) is 5.76 Å². The van der Waals surface area contributed by atoms with Crippen LogP contribution in [0.15, 0.2) is 27.5 Å². The largest absolute Gasteiger partial charge is 0.349 e. The van der Waals surface area contributed by atoms with Gasteiger partial charge in [-0.25, -0.2) is 4.79 Å². The third-order valence-corrected chi connectivity index (χ3v) is 4.14. The second kappa shape index (κ2) is 6.39. The van der Waals surface area contributed by atoms with Crippen molar-refractivity contribution in [3.05, 3.63) is 55.8 Å². The van der Waals surface area contributed by atoms with Crippen molar-refractivity contribution in [2.24, 2.45) is 0 Å². The molecule has 0 N–H and O–H groups in total. The van der Waals surface area contributed by atoms with Crippen LogP contribution in [0.25, 0.3) is 23.2 Å². The Morgan fingerprint density at radius 1 is 1.20 bits per heavy atom. The number of benzene rings is 1. The Balaban J connectivity index is 2.06. The van der Waals surface area contributed by atoms with E-state index in [-0.39, 0.29) is 22.8 Å². The van der Waals surface area contributed by atoms with Gasteiger partial charge in [0.05, 0.1) is 16.0 Å². The molecule has 25 heavy (non-hydrogen) atoms. The summed E-state index contributed by atoms with van der Waals surface area (Å²) in [7, 11) is 0. The fourth-order valence-corrected chi connectivity index (χ4v) is 2.94. The van der Waals surface area contributed by atoms with Gasteiger partial charge in [0, 0.05) is 13.1 Å². The first-order valence-corrected chi connectivity index (χ1v) is 7.99. The van der Waals surface area contributed by atoms with E-state index in [1.54, 1.807) is 15.2 Å². The molecule has 0 radical (unpaired) electrons. The molecule has 2 heterocycles. The zero-order chi connectivity index (χ0) is 18.1. The number of fused-ring (bicyclic) bond motifs is 1. The Bertz CT molecular complexity index is 1040. The monoisotopic (exact) mass is 342 g/mol. The molecule has 8 heteroatoms. The fraction of sp³-hybridized carbons (Fsp3) is 0.294. The van der Waals surface area contributed by atoms with Crippen LogP contribution in [0.5, 0.6) is 0 Å². The summed E-state index contributed by atoms with van der Waals surface area (Å²) in [6.45, 7) is 6.55. The highest BCUT2D eigenvalue weighted by molar-refractivity contribution is 5.81. The molecule has 1 aromatic carbocycles.